The SMILES string of the molecule is C1=CC2c3c(cccc3-c3nc(-c4ccc5ccccc5c4)nc(-c4ccc5c6c(cccc46)-c4ccccc4-5)n3)OC2C=N1. The van der Waals surface area contributed by atoms with Crippen molar-refractivity contribution in [2.75, 3.05) is 0 Å². The van der Waals surface area contributed by atoms with Gasteiger partial charge < -0.3 is 4.74 Å². The number of ether oxygens (including phenoxy) is 1. The zero-order valence-electron chi connectivity index (χ0n) is 24.1. The number of hydrogen-bond acceptors (Lipinski definition) is 5. The first-order chi connectivity index (χ1) is 22.3. The van der Waals surface area contributed by atoms with Crippen molar-refractivity contribution in [3.8, 4) is 62.2 Å². The molecule has 2 aliphatic heterocycles. The number of fused-ring (bicyclic) bond motifs is 7. The molecule has 45 heavy (non-hydrogen) atoms. The van der Waals surface area contributed by atoms with E-state index in [2.05, 4.69) is 114 Å². The molecule has 0 spiro atoms. The van der Waals surface area contributed by atoms with Gasteiger partial charge in [0.25, 0.3) is 0 Å². The third kappa shape index (κ3) is 3.61. The summed E-state index contributed by atoms with van der Waals surface area (Å²) in [5.74, 6) is 2.82. The summed E-state index contributed by atoms with van der Waals surface area (Å²) in [5.41, 5.74) is 9.00. The monoisotopic (exact) mass is 576 g/mol. The third-order valence-corrected chi connectivity index (χ3v) is 9.30. The Hall–Kier alpha value is -5.94. The summed E-state index contributed by atoms with van der Waals surface area (Å²) in [6, 6.07) is 40.5. The summed E-state index contributed by atoms with van der Waals surface area (Å²) in [6.45, 7) is 0. The minimum absolute atomic E-state index is 0.0494. The van der Waals surface area contributed by atoms with E-state index in [1.54, 1.807) is 0 Å². The summed E-state index contributed by atoms with van der Waals surface area (Å²) in [5, 5.41) is 4.70. The van der Waals surface area contributed by atoms with Crippen LogP contribution in [0.1, 0.15) is 11.5 Å². The summed E-state index contributed by atoms with van der Waals surface area (Å²) >= 11 is 0. The van der Waals surface area contributed by atoms with Gasteiger partial charge in [0.15, 0.2) is 17.5 Å². The van der Waals surface area contributed by atoms with Gasteiger partial charge in [0, 0.05) is 34.7 Å². The molecule has 2 unspecified atom stereocenters. The van der Waals surface area contributed by atoms with Crippen LogP contribution in [0.5, 0.6) is 5.75 Å². The molecule has 0 amide bonds. The maximum atomic E-state index is 6.30. The molecule has 0 fully saturated rings. The third-order valence-electron chi connectivity index (χ3n) is 9.30. The van der Waals surface area contributed by atoms with E-state index in [1.165, 1.54) is 33.0 Å². The first-order valence-electron chi connectivity index (χ1n) is 15.2. The van der Waals surface area contributed by atoms with Gasteiger partial charge in [0.1, 0.15) is 11.9 Å². The minimum atomic E-state index is -0.134. The van der Waals surface area contributed by atoms with Crippen molar-refractivity contribution in [2.24, 2.45) is 4.99 Å². The summed E-state index contributed by atoms with van der Waals surface area (Å²) in [6.07, 6.45) is 5.69. The van der Waals surface area contributed by atoms with Crippen LogP contribution in [0.25, 0.3) is 78.0 Å². The molecule has 0 saturated heterocycles. The van der Waals surface area contributed by atoms with Crippen LogP contribution in [-0.4, -0.2) is 27.3 Å². The highest BCUT2D eigenvalue weighted by atomic mass is 16.5. The molecule has 1 aromatic heterocycles. The van der Waals surface area contributed by atoms with Gasteiger partial charge in [-0.15, -0.1) is 0 Å². The Morgan fingerprint density at radius 1 is 0.533 bits per heavy atom. The van der Waals surface area contributed by atoms with E-state index in [9.17, 15) is 0 Å². The Morgan fingerprint density at radius 2 is 1.22 bits per heavy atom. The number of benzene rings is 6. The molecule has 5 heteroatoms. The molecular weight excluding hydrogens is 552 g/mol. The van der Waals surface area contributed by atoms with Crippen LogP contribution in [0.15, 0.2) is 133 Å². The van der Waals surface area contributed by atoms with Crippen LogP contribution >= 0.6 is 0 Å². The van der Waals surface area contributed by atoms with E-state index in [-0.39, 0.29) is 12.0 Å². The zero-order valence-corrected chi connectivity index (χ0v) is 24.1. The van der Waals surface area contributed by atoms with E-state index in [1.807, 2.05) is 24.5 Å². The van der Waals surface area contributed by atoms with Crippen molar-refractivity contribution in [3.63, 3.8) is 0 Å². The quantitative estimate of drug-likeness (QED) is 0.210. The van der Waals surface area contributed by atoms with E-state index < -0.39 is 0 Å². The second-order valence-corrected chi connectivity index (χ2v) is 11.8. The maximum absolute atomic E-state index is 6.30. The van der Waals surface area contributed by atoms with E-state index in [0.29, 0.717) is 17.5 Å². The van der Waals surface area contributed by atoms with Crippen LogP contribution in [0.4, 0.5) is 0 Å². The molecule has 0 saturated carbocycles. The van der Waals surface area contributed by atoms with Crippen molar-refractivity contribution in [1.29, 1.82) is 0 Å². The summed E-state index contributed by atoms with van der Waals surface area (Å²) < 4.78 is 6.30. The van der Waals surface area contributed by atoms with Gasteiger partial charge in [-0.2, -0.15) is 0 Å². The first kappa shape index (κ1) is 24.5. The lowest BCUT2D eigenvalue weighted by Gasteiger charge is -2.16. The zero-order chi connectivity index (χ0) is 29.5. The standard InChI is InChI=1S/C40H24N4O/c1-2-8-24-21-25(16-15-23(24)7-1)38-42-39(31-18-17-30-27-10-4-3-9-26(27)28-11-5-12-29(31)36(28)30)44-40(43-38)33-13-6-14-34-37(33)32-19-20-41-22-35(32)45-34/h1-22,32,35H. The highest BCUT2D eigenvalue weighted by Crippen LogP contribution is 2.49. The fourth-order valence-corrected chi connectivity index (χ4v) is 7.25. The fraction of sp³-hybridized carbons (Fsp3) is 0.0500. The lowest BCUT2D eigenvalue weighted by atomic mass is 9.90. The second kappa shape index (κ2) is 9.28. The van der Waals surface area contributed by atoms with Crippen molar-refractivity contribution in [1.82, 2.24) is 15.0 Å². The minimum Gasteiger partial charge on any atom is -0.483 e. The highest BCUT2D eigenvalue weighted by Gasteiger charge is 2.36. The van der Waals surface area contributed by atoms with Crippen LogP contribution in [0.2, 0.25) is 0 Å². The molecule has 0 radical (unpaired) electrons. The van der Waals surface area contributed by atoms with Gasteiger partial charge in [0.2, 0.25) is 0 Å². The van der Waals surface area contributed by atoms with Gasteiger partial charge in [-0.05, 0) is 62.0 Å². The Morgan fingerprint density at radius 3 is 2.11 bits per heavy atom. The molecule has 0 N–H and O–H groups in total. The number of hydrogen-bond donors (Lipinski definition) is 0. The molecule has 1 aliphatic carbocycles. The maximum Gasteiger partial charge on any atom is 0.164 e. The smallest absolute Gasteiger partial charge is 0.164 e. The Labute approximate surface area is 259 Å². The van der Waals surface area contributed by atoms with Crippen molar-refractivity contribution < 1.29 is 4.74 Å². The lowest BCUT2D eigenvalue weighted by molar-refractivity contribution is 0.292. The van der Waals surface area contributed by atoms with Crippen LogP contribution in [0.3, 0.4) is 0 Å². The molecule has 0 bridgehead atoms. The van der Waals surface area contributed by atoms with E-state index in [4.69, 9.17) is 19.7 Å². The highest BCUT2D eigenvalue weighted by molar-refractivity contribution is 6.18. The average Bonchev–Trinajstić information content (AvgIpc) is 3.65. The fourth-order valence-electron chi connectivity index (χ4n) is 7.25. The number of rotatable bonds is 3. The van der Waals surface area contributed by atoms with Gasteiger partial charge in [0.05, 0.1) is 5.92 Å². The van der Waals surface area contributed by atoms with E-state index >= 15 is 0 Å². The summed E-state index contributed by atoms with van der Waals surface area (Å²) in [7, 11) is 0. The van der Waals surface area contributed by atoms with Crippen LogP contribution in [0, 0.1) is 0 Å². The molecule has 6 aromatic carbocycles. The largest absolute Gasteiger partial charge is 0.483 e. The average molecular weight is 577 g/mol. The molecule has 3 heterocycles. The lowest BCUT2D eigenvalue weighted by Crippen LogP contribution is -2.20. The molecule has 210 valence electrons. The summed E-state index contributed by atoms with van der Waals surface area (Å²) in [4.78, 5) is 19.9. The van der Waals surface area contributed by atoms with Gasteiger partial charge in [-0.3, -0.25) is 4.99 Å². The molecule has 7 aromatic rings. The van der Waals surface area contributed by atoms with E-state index in [0.717, 1.165) is 38.8 Å². The number of nitrogens with zero attached hydrogens (tertiary/aromatic N) is 4. The van der Waals surface area contributed by atoms with Gasteiger partial charge in [-0.1, -0.05) is 103 Å². The Balaban J connectivity index is 1.23. The Kier molecular flexibility index (Phi) is 5.05. The van der Waals surface area contributed by atoms with Crippen molar-refractivity contribution in [2.45, 2.75) is 12.0 Å². The normalized spacial score (nSPS) is 16.9. The van der Waals surface area contributed by atoms with Crippen LogP contribution in [-0.2, 0) is 0 Å². The second-order valence-electron chi connectivity index (χ2n) is 11.8. The molecule has 5 nitrogen and oxygen atoms in total. The van der Waals surface area contributed by atoms with Crippen molar-refractivity contribution in [3.05, 3.63) is 133 Å². The predicted octanol–water partition coefficient (Wildman–Crippen LogP) is 9.27. The number of aliphatic imine (C=N–C) groups is 1. The van der Waals surface area contributed by atoms with Gasteiger partial charge >= 0.3 is 0 Å². The molecule has 3 aliphatic rings. The Bertz CT molecular complexity index is 2410. The molecule has 10 rings (SSSR count). The predicted molar refractivity (Wildman–Crippen MR) is 180 cm³/mol. The van der Waals surface area contributed by atoms with Gasteiger partial charge in [-0.25, -0.2) is 15.0 Å². The molecular formula is C40H24N4O. The van der Waals surface area contributed by atoms with Crippen molar-refractivity contribution >= 4 is 27.8 Å². The topological polar surface area (TPSA) is 60.3 Å². The molecule has 2 atom stereocenters. The first-order valence-corrected chi connectivity index (χ1v) is 15.2. The number of aromatic nitrogens is 3. The van der Waals surface area contributed by atoms with Crippen LogP contribution < -0.4 is 4.74 Å².